The van der Waals surface area contributed by atoms with Crippen LogP contribution >= 0.6 is 11.8 Å². The van der Waals surface area contributed by atoms with E-state index in [4.69, 9.17) is 0 Å². The molecule has 0 atom stereocenters. The summed E-state index contributed by atoms with van der Waals surface area (Å²) in [4.78, 5) is 1.40. The Morgan fingerprint density at radius 2 is 2.13 bits per heavy atom. The van der Waals surface area contributed by atoms with Gasteiger partial charge >= 0.3 is 0 Å². The van der Waals surface area contributed by atoms with Gasteiger partial charge in [0.1, 0.15) is 0 Å². The Hall–Kier alpha value is -0.470. The Balaban J connectivity index is 2.42. The van der Waals surface area contributed by atoms with E-state index in [2.05, 4.69) is 43.4 Å². The molecule has 1 nitrogen and oxygen atoms in total. The predicted octanol–water partition coefficient (Wildman–Crippen LogP) is 3.69. The Kier molecular flexibility index (Phi) is 6.53. The first kappa shape index (κ1) is 12.6. The molecule has 0 aliphatic rings. The third-order valence-corrected chi connectivity index (χ3v) is 3.32. The lowest BCUT2D eigenvalue weighted by Crippen LogP contribution is -2.11. The molecule has 0 aliphatic carbocycles. The second-order valence-corrected chi connectivity index (χ2v) is 4.80. The average Bonchev–Trinajstić information content (AvgIpc) is 2.27. The van der Waals surface area contributed by atoms with Gasteiger partial charge in [-0.1, -0.05) is 32.4 Å². The summed E-state index contributed by atoms with van der Waals surface area (Å²) in [6.07, 6.45) is 2.59. The molecule has 0 fully saturated rings. The summed E-state index contributed by atoms with van der Waals surface area (Å²) >= 11 is 1.96. The highest BCUT2D eigenvalue weighted by atomic mass is 32.2. The topological polar surface area (TPSA) is 12.0 Å². The van der Waals surface area contributed by atoms with Crippen LogP contribution in [0.1, 0.15) is 32.3 Å². The van der Waals surface area contributed by atoms with Gasteiger partial charge in [0.05, 0.1) is 0 Å². The van der Waals surface area contributed by atoms with Crippen LogP contribution in [0.15, 0.2) is 29.2 Å². The molecule has 1 aromatic rings. The summed E-state index contributed by atoms with van der Waals surface area (Å²) in [7, 11) is 0. The van der Waals surface area contributed by atoms with E-state index in [9.17, 15) is 0 Å². The van der Waals surface area contributed by atoms with E-state index in [0.29, 0.717) is 0 Å². The molecule has 0 aliphatic heterocycles. The molecule has 1 rings (SSSR count). The number of benzene rings is 1. The molecule has 0 saturated carbocycles. The number of unbranched alkanes of at least 4 members (excludes halogenated alkanes) is 1. The number of hydrogen-bond acceptors (Lipinski definition) is 2. The molecule has 84 valence electrons. The van der Waals surface area contributed by atoms with Crippen LogP contribution in [-0.2, 0) is 6.54 Å². The zero-order valence-electron chi connectivity index (χ0n) is 9.75. The molecular formula is C13H21NS. The zero-order chi connectivity index (χ0) is 10.9. The van der Waals surface area contributed by atoms with E-state index >= 15 is 0 Å². The minimum Gasteiger partial charge on any atom is -0.313 e. The summed E-state index contributed by atoms with van der Waals surface area (Å²) in [5, 5.41) is 3.35. The van der Waals surface area contributed by atoms with Gasteiger partial charge in [0.15, 0.2) is 0 Å². The summed E-state index contributed by atoms with van der Waals surface area (Å²) < 4.78 is 0. The van der Waals surface area contributed by atoms with E-state index in [1.54, 1.807) is 0 Å². The lowest BCUT2D eigenvalue weighted by Gasteiger charge is -2.05. The largest absolute Gasteiger partial charge is 0.313 e. The molecule has 0 spiro atoms. The molecule has 0 unspecified atom stereocenters. The van der Waals surface area contributed by atoms with Gasteiger partial charge < -0.3 is 5.32 Å². The number of rotatable bonds is 7. The fraction of sp³-hybridized carbons (Fsp3) is 0.538. The standard InChI is InChI=1S/C13H21NS/c1-3-5-9-15-13-8-6-7-12(10-13)11-14-4-2/h6-8,10,14H,3-5,9,11H2,1-2H3. The summed E-state index contributed by atoms with van der Waals surface area (Å²) in [6.45, 7) is 6.40. The lowest BCUT2D eigenvalue weighted by molar-refractivity contribution is 0.725. The van der Waals surface area contributed by atoms with Gasteiger partial charge in [-0.2, -0.15) is 0 Å². The van der Waals surface area contributed by atoms with Gasteiger partial charge in [-0.05, 0) is 36.4 Å². The van der Waals surface area contributed by atoms with Crippen LogP contribution in [0.3, 0.4) is 0 Å². The van der Waals surface area contributed by atoms with Crippen LogP contribution in [0, 0.1) is 0 Å². The predicted molar refractivity (Wildman–Crippen MR) is 69.5 cm³/mol. The van der Waals surface area contributed by atoms with Crippen molar-refractivity contribution in [2.45, 2.75) is 38.1 Å². The molecule has 15 heavy (non-hydrogen) atoms. The number of nitrogens with one attached hydrogen (secondary N) is 1. The summed E-state index contributed by atoms with van der Waals surface area (Å²) in [5.41, 5.74) is 1.39. The summed E-state index contributed by atoms with van der Waals surface area (Å²) in [5.74, 6) is 1.24. The third kappa shape index (κ3) is 5.24. The van der Waals surface area contributed by atoms with Gasteiger partial charge in [0.25, 0.3) is 0 Å². The maximum Gasteiger partial charge on any atom is 0.0205 e. The van der Waals surface area contributed by atoms with Crippen molar-refractivity contribution >= 4 is 11.8 Å². The van der Waals surface area contributed by atoms with E-state index < -0.39 is 0 Å². The molecule has 2 heteroatoms. The second-order valence-electron chi connectivity index (χ2n) is 3.63. The minimum atomic E-state index is 0.985. The quantitative estimate of drug-likeness (QED) is 0.559. The zero-order valence-corrected chi connectivity index (χ0v) is 10.6. The van der Waals surface area contributed by atoms with Crippen molar-refractivity contribution in [3.8, 4) is 0 Å². The van der Waals surface area contributed by atoms with Gasteiger partial charge in [-0.25, -0.2) is 0 Å². The summed E-state index contributed by atoms with van der Waals surface area (Å²) in [6, 6.07) is 8.84. The van der Waals surface area contributed by atoms with E-state index in [1.165, 1.54) is 29.1 Å². The van der Waals surface area contributed by atoms with Gasteiger partial charge in [0, 0.05) is 11.4 Å². The van der Waals surface area contributed by atoms with Crippen LogP contribution in [0.4, 0.5) is 0 Å². The van der Waals surface area contributed by atoms with Gasteiger partial charge in [0.2, 0.25) is 0 Å². The van der Waals surface area contributed by atoms with E-state index in [-0.39, 0.29) is 0 Å². The molecule has 1 aromatic carbocycles. The van der Waals surface area contributed by atoms with Crippen LogP contribution in [0.5, 0.6) is 0 Å². The SMILES string of the molecule is CCCCSc1cccc(CNCC)c1. The number of thioether (sulfide) groups is 1. The highest BCUT2D eigenvalue weighted by Gasteiger charge is 1.96. The van der Waals surface area contributed by atoms with Gasteiger partial charge in [-0.15, -0.1) is 11.8 Å². The molecule has 0 saturated heterocycles. The molecule has 0 radical (unpaired) electrons. The first-order valence-corrected chi connectivity index (χ1v) is 6.77. The van der Waals surface area contributed by atoms with Gasteiger partial charge in [-0.3, -0.25) is 0 Å². The van der Waals surface area contributed by atoms with Crippen molar-refractivity contribution in [2.75, 3.05) is 12.3 Å². The van der Waals surface area contributed by atoms with Crippen molar-refractivity contribution in [1.82, 2.24) is 5.32 Å². The molecule has 0 amide bonds. The van der Waals surface area contributed by atoms with Crippen LogP contribution in [-0.4, -0.2) is 12.3 Å². The maximum atomic E-state index is 3.35. The molecule has 1 N–H and O–H groups in total. The monoisotopic (exact) mass is 223 g/mol. The fourth-order valence-electron chi connectivity index (χ4n) is 1.35. The minimum absolute atomic E-state index is 0.985. The highest BCUT2D eigenvalue weighted by molar-refractivity contribution is 7.99. The molecular weight excluding hydrogens is 202 g/mol. The molecule has 0 aromatic heterocycles. The first-order valence-electron chi connectivity index (χ1n) is 5.79. The van der Waals surface area contributed by atoms with Crippen LogP contribution in [0.2, 0.25) is 0 Å². The van der Waals surface area contributed by atoms with Crippen LogP contribution < -0.4 is 5.32 Å². The van der Waals surface area contributed by atoms with Crippen molar-refractivity contribution in [1.29, 1.82) is 0 Å². The van der Waals surface area contributed by atoms with Crippen molar-refractivity contribution in [2.24, 2.45) is 0 Å². The van der Waals surface area contributed by atoms with E-state index in [0.717, 1.165) is 13.1 Å². The normalized spacial score (nSPS) is 10.5. The first-order chi connectivity index (χ1) is 7.36. The van der Waals surface area contributed by atoms with E-state index in [1.807, 2.05) is 11.8 Å². The van der Waals surface area contributed by atoms with Crippen LogP contribution in [0.25, 0.3) is 0 Å². The Morgan fingerprint density at radius 3 is 2.87 bits per heavy atom. The smallest absolute Gasteiger partial charge is 0.0205 e. The Bertz CT molecular complexity index is 273. The second kappa shape index (κ2) is 7.77. The lowest BCUT2D eigenvalue weighted by atomic mass is 10.2. The number of hydrogen-bond donors (Lipinski definition) is 1. The average molecular weight is 223 g/mol. The molecule has 0 bridgehead atoms. The highest BCUT2D eigenvalue weighted by Crippen LogP contribution is 2.20. The fourth-order valence-corrected chi connectivity index (χ4v) is 2.43. The maximum absolute atomic E-state index is 3.35. The Labute approximate surface area is 97.7 Å². The van der Waals surface area contributed by atoms with Crippen molar-refractivity contribution < 1.29 is 0 Å². The van der Waals surface area contributed by atoms with Crippen molar-refractivity contribution in [3.05, 3.63) is 29.8 Å². The Morgan fingerprint density at radius 1 is 1.27 bits per heavy atom. The third-order valence-electron chi connectivity index (χ3n) is 2.24. The molecule has 0 heterocycles. The van der Waals surface area contributed by atoms with Crippen molar-refractivity contribution in [3.63, 3.8) is 0 Å².